The molecule has 0 aromatic carbocycles. The number of ether oxygens (including phenoxy) is 2. The van der Waals surface area contributed by atoms with E-state index in [1.165, 1.54) is 116 Å². The first-order valence-electron chi connectivity index (χ1n) is 26.2. The Morgan fingerprint density at radius 3 is 1.50 bits per heavy atom. The van der Waals surface area contributed by atoms with Gasteiger partial charge in [-0.2, -0.15) is 0 Å². The van der Waals surface area contributed by atoms with Crippen molar-refractivity contribution in [2.24, 2.45) is 0 Å². The predicted octanol–water partition coefficient (Wildman–Crippen LogP) is 12.1. The molecule has 1 heterocycles. The fourth-order valence-electron chi connectivity index (χ4n) is 7.85. The highest BCUT2D eigenvalue weighted by Crippen LogP contribution is 2.23. The molecule has 0 bridgehead atoms. The molecule has 1 rings (SSSR count). The number of allylic oxidation sites excluding steroid dienone is 11. The van der Waals surface area contributed by atoms with E-state index in [4.69, 9.17) is 9.47 Å². The van der Waals surface area contributed by atoms with Gasteiger partial charge >= 0.3 is 0 Å². The first-order chi connectivity index (χ1) is 31.3. The average molecular weight is 900 g/mol. The van der Waals surface area contributed by atoms with Crippen LogP contribution in [0.5, 0.6) is 0 Å². The molecule has 6 N–H and O–H groups in total. The summed E-state index contributed by atoms with van der Waals surface area (Å²) in [6.07, 6.45) is 53.9. The van der Waals surface area contributed by atoms with Gasteiger partial charge in [0.1, 0.15) is 24.4 Å². The zero-order valence-corrected chi connectivity index (χ0v) is 40.8. The Balaban J connectivity index is 2.33. The molecule has 9 nitrogen and oxygen atoms in total. The van der Waals surface area contributed by atoms with Gasteiger partial charge in [0.15, 0.2) is 6.29 Å². The van der Waals surface area contributed by atoms with Gasteiger partial charge in [-0.25, -0.2) is 0 Å². The highest BCUT2D eigenvalue weighted by Gasteiger charge is 2.44. The summed E-state index contributed by atoms with van der Waals surface area (Å²) in [5.41, 5.74) is 0. The van der Waals surface area contributed by atoms with E-state index < -0.39 is 49.5 Å². The number of aliphatic hydroxyl groups is 5. The summed E-state index contributed by atoms with van der Waals surface area (Å²) in [6, 6.07) is -0.837. The smallest absolute Gasteiger partial charge is 0.220 e. The van der Waals surface area contributed by atoms with Crippen molar-refractivity contribution in [1.29, 1.82) is 0 Å². The van der Waals surface area contributed by atoms with E-state index in [2.05, 4.69) is 79.9 Å². The van der Waals surface area contributed by atoms with Crippen LogP contribution >= 0.6 is 0 Å². The topological polar surface area (TPSA) is 149 Å². The lowest BCUT2D eigenvalue weighted by atomic mass is 9.99. The lowest BCUT2D eigenvalue weighted by Gasteiger charge is -2.40. The third kappa shape index (κ3) is 34.0. The summed E-state index contributed by atoms with van der Waals surface area (Å²) in [5.74, 6) is -0.203. The van der Waals surface area contributed by atoms with Crippen LogP contribution in [0.1, 0.15) is 213 Å². The van der Waals surface area contributed by atoms with Crippen molar-refractivity contribution >= 4 is 5.91 Å². The third-order valence-corrected chi connectivity index (χ3v) is 12.0. The number of aliphatic hydroxyl groups excluding tert-OH is 5. The highest BCUT2D eigenvalue weighted by atomic mass is 16.7. The fourth-order valence-corrected chi connectivity index (χ4v) is 7.85. The summed E-state index contributed by atoms with van der Waals surface area (Å²) in [4.78, 5) is 13.0. The van der Waals surface area contributed by atoms with Gasteiger partial charge in [0.05, 0.1) is 25.4 Å². The van der Waals surface area contributed by atoms with Gasteiger partial charge in [0.2, 0.25) is 5.91 Å². The second-order valence-corrected chi connectivity index (χ2v) is 17.9. The largest absolute Gasteiger partial charge is 0.394 e. The molecule has 0 saturated carbocycles. The normalized spacial score (nSPS) is 20.6. The molecule has 0 spiro atoms. The molecule has 0 radical (unpaired) electrons. The van der Waals surface area contributed by atoms with Gasteiger partial charge in [-0.15, -0.1) is 0 Å². The molecule has 1 amide bonds. The van der Waals surface area contributed by atoms with Gasteiger partial charge in [-0.05, 0) is 77.0 Å². The predicted molar refractivity (Wildman–Crippen MR) is 267 cm³/mol. The summed E-state index contributed by atoms with van der Waals surface area (Å²) < 4.78 is 11.2. The molecule has 64 heavy (non-hydrogen) atoms. The number of hydrogen-bond donors (Lipinski definition) is 6. The standard InChI is InChI=1S/C55H97NO8/c1-3-5-7-9-11-13-15-17-19-21-22-23-24-25-26-27-29-30-32-34-36-38-40-42-44-49(58)48(47-63-55-54(62)53(61)52(60)50(46-57)64-55)56-51(59)45-43-41-39-37-35-33-31-28-20-18-16-14-12-10-8-6-4-2/h6,8,12,14,18,20,27,29,34,36,42,44,48-50,52-55,57-58,60-62H,3-5,7,9-11,13,15-17,19,21-26,28,30-33,35,37-41,43,45-47H2,1-2H3,(H,56,59)/b8-6-,14-12-,20-18-,29-27+,36-34+,44-42+. The van der Waals surface area contributed by atoms with Crippen LogP contribution in [0.4, 0.5) is 0 Å². The molecule has 1 aliphatic rings. The first-order valence-corrected chi connectivity index (χ1v) is 26.2. The van der Waals surface area contributed by atoms with Crippen molar-refractivity contribution in [2.45, 2.75) is 256 Å². The zero-order valence-electron chi connectivity index (χ0n) is 40.8. The Morgan fingerprint density at radius 1 is 0.547 bits per heavy atom. The van der Waals surface area contributed by atoms with Crippen LogP contribution < -0.4 is 5.32 Å². The van der Waals surface area contributed by atoms with E-state index in [1.807, 2.05) is 6.08 Å². The maximum absolute atomic E-state index is 13.0. The lowest BCUT2D eigenvalue weighted by molar-refractivity contribution is -0.302. The van der Waals surface area contributed by atoms with Crippen molar-refractivity contribution < 1.29 is 39.8 Å². The lowest BCUT2D eigenvalue weighted by Crippen LogP contribution is -2.60. The molecule has 0 aromatic heterocycles. The quantitative estimate of drug-likeness (QED) is 0.0262. The minimum Gasteiger partial charge on any atom is -0.394 e. The molecule has 9 heteroatoms. The maximum atomic E-state index is 13.0. The molecule has 1 aliphatic heterocycles. The maximum Gasteiger partial charge on any atom is 0.220 e. The Bertz CT molecular complexity index is 1230. The van der Waals surface area contributed by atoms with Crippen molar-refractivity contribution in [2.75, 3.05) is 13.2 Å². The van der Waals surface area contributed by atoms with Crippen molar-refractivity contribution in [3.8, 4) is 0 Å². The molecule has 1 fully saturated rings. The Kier molecular flexibility index (Phi) is 41.4. The van der Waals surface area contributed by atoms with Crippen LogP contribution in [0.25, 0.3) is 0 Å². The van der Waals surface area contributed by atoms with Crippen molar-refractivity contribution in [1.82, 2.24) is 5.32 Å². The minimum atomic E-state index is -1.58. The number of nitrogens with one attached hydrogen (secondary N) is 1. The highest BCUT2D eigenvalue weighted by molar-refractivity contribution is 5.76. The van der Waals surface area contributed by atoms with E-state index in [0.717, 1.165) is 77.0 Å². The molecule has 1 saturated heterocycles. The number of carbonyl (C=O) groups is 1. The summed E-state index contributed by atoms with van der Waals surface area (Å²) in [7, 11) is 0. The number of rotatable bonds is 43. The van der Waals surface area contributed by atoms with E-state index >= 15 is 0 Å². The van der Waals surface area contributed by atoms with Gasteiger partial charge in [-0.1, -0.05) is 202 Å². The molecule has 7 unspecified atom stereocenters. The van der Waals surface area contributed by atoms with Crippen LogP contribution in [0.15, 0.2) is 72.9 Å². The Hall–Kier alpha value is -2.37. The van der Waals surface area contributed by atoms with Gasteiger partial charge in [0.25, 0.3) is 0 Å². The van der Waals surface area contributed by atoms with Crippen LogP contribution in [0, 0.1) is 0 Å². The first kappa shape index (κ1) is 59.6. The van der Waals surface area contributed by atoms with E-state index in [-0.39, 0.29) is 12.5 Å². The van der Waals surface area contributed by atoms with Gasteiger partial charge in [-0.3, -0.25) is 4.79 Å². The monoisotopic (exact) mass is 900 g/mol. The van der Waals surface area contributed by atoms with E-state index in [0.29, 0.717) is 6.42 Å². The summed E-state index contributed by atoms with van der Waals surface area (Å²) in [5, 5.41) is 54.3. The molecule has 370 valence electrons. The Morgan fingerprint density at radius 2 is 0.984 bits per heavy atom. The second-order valence-electron chi connectivity index (χ2n) is 17.9. The molecule has 0 aromatic rings. The summed E-state index contributed by atoms with van der Waals surface area (Å²) in [6.45, 7) is 3.64. The molecular weight excluding hydrogens is 803 g/mol. The zero-order chi connectivity index (χ0) is 46.6. The van der Waals surface area contributed by atoms with Gasteiger partial charge < -0.3 is 40.3 Å². The van der Waals surface area contributed by atoms with Crippen LogP contribution in [0.3, 0.4) is 0 Å². The van der Waals surface area contributed by atoms with Crippen LogP contribution in [-0.2, 0) is 14.3 Å². The third-order valence-electron chi connectivity index (χ3n) is 12.0. The van der Waals surface area contributed by atoms with Crippen LogP contribution in [0.2, 0.25) is 0 Å². The Labute approximate surface area is 391 Å². The van der Waals surface area contributed by atoms with E-state index in [9.17, 15) is 30.3 Å². The minimum absolute atomic E-state index is 0.203. The molecular formula is C55H97NO8. The number of hydrogen-bond acceptors (Lipinski definition) is 8. The van der Waals surface area contributed by atoms with Crippen molar-refractivity contribution in [3.63, 3.8) is 0 Å². The van der Waals surface area contributed by atoms with Gasteiger partial charge in [0, 0.05) is 6.42 Å². The average Bonchev–Trinajstić information content (AvgIpc) is 3.29. The summed E-state index contributed by atoms with van der Waals surface area (Å²) >= 11 is 0. The number of unbranched alkanes of at least 4 members (excludes halogenated alkanes) is 23. The molecule has 7 atom stereocenters. The second kappa shape index (κ2) is 44.5. The SMILES string of the molecule is CC/C=C\C/C=C\C/C=C\CCCCCCCCCC(=O)NC(COC1OC(CO)C(O)C(O)C1O)C(O)/C=C/CC/C=C/CC/C=C/CCCCCCCCCCCCCCCC. The van der Waals surface area contributed by atoms with E-state index in [1.54, 1.807) is 6.08 Å². The fraction of sp³-hybridized carbons (Fsp3) is 0.764. The number of carbonyl (C=O) groups excluding carboxylic acids is 1. The molecule has 0 aliphatic carbocycles. The number of amides is 1. The van der Waals surface area contributed by atoms with Crippen molar-refractivity contribution in [3.05, 3.63) is 72.9 Å². The van der Waals surface area contributed by atoms with Crippen LogP contribution in [-0.4, -0.2) is 87.5 Å².